The van der Waals surface area contributed by atoms with Crippen molar-refractivity contribution in [3.8, 4) is 0 Å². The van der Waals surface area contributed by atoms with E-state index in [1.54, 1.807) is 23.1 Å². The summed E-state index contributed by atoms with van der Waals surface area (Å²) in [5, 5.41) is 1.37. The minimum Gasteiger partial charge on any atom is -0.358 e. The lowest BCUT2D eigenvalue weighted by molar-refractivity contribution is 0.482. The van der Waals surface area contributed by atoms with Gasteiger partial charge in [-0.1, -0.05) is 47.2 Å². The van der Waals surface area contributed by atoms with Gasteiger partial charge in [0.2, 0.25) is 0 Å². The number of nitrogens with zero attached hydrogens (tertiary/aromatic N) is 1. The maximum atomic E-state index is 6.15. The monoisotopic (exact) mass is 327 g/mol. The van der Waals surface area contributed by atoms with Crippen LogP contribution in [0.15, 0.2) is 0 Å². The Bertz CT molecular complexity index is 400. The van der Waals surface area contributed by atoms with Crippen LogP contribution in [0.5, 0.6) is 0 Å². The van der Waals surface area contributed by atoms with Crippen molar-refractivity contribution in [3.05, 3.63) is 19.8 Å². The predicted molar refractivity (Wildman–Crippen MR) is 85.9 cm³/mol. The second kappa shape index (κ2) is 7.19. The van der Waals surface area contributed by atoms with Gasteiger partial charge in [-0.05, 0) is 20.8 Å². The van der Waals surface area contributed by atoms with Crippen LogP contribution in [-0.2, 0) is 5.75 Å². The van der Waals surface area contributed by atoms with E-state index in [2.05, 4.69) is 18.7 Å². The highest BCUT2D eigenvalue weighted by Crippen LogP contribution is 2.38. The number of rotatable bonds is 4. The molecule has 1 aromatic heterocycles. The van der Waals surface area contributed by atoms with Crippen molar-refractivity contribution in [3.63, 3.8) is 0 Å². The van der Waals surface area contributed by atoms with Crippen molar-refractivity contribution in [2.45, 2.75) is 26.5 Å². The third-order valence-corrected chi connectivity index (χ3v) is 6.42. The fourth-order valence-electron chi connectivity index (χ4n) is 1.34. The van der Waals surface area contributed by atoms with Crippen LogP contribution in [-0.4, -0.2) is 22.3 Å². The normalized spacial score (nSPS) is 10.6. The second-order valence-electron chi connectivity index (χ2n) is 3.44. The molecule has 17 heavy (non-hydrogen) atoms. The van der Waals surface area contributed by atoms with Crippen LogP contribution < -0.4 is 0 Å². The molecule has 0 aliphatic rings. The molecule has 0 N–H and O–H groups in total. The van der Waals surface area contributed by atoms with E-state index in [0.29, 0.717) is 10.0 Å². The Hall–Kier alpha value is 0.520. The molecule has 0 aliphatic carbocycles. The van der Waals surface area contributed by atoms with E-state index in [1.807, 2.05) is 6.92 Å². The van der Waals surface area contributed by atoms with Crippen LogP contribution >= 0.6 is 58.5 Å². The minimum absolute atomic E-state index is 0.682. The van der Waals surface area contributed by atoms with E-state index in [-0.39, 0.29) is 0 Å². The van der Waals surface area contributed by atoms with Gasteiger partial charge in [-0.15, -0.1) is 11.3 Å². The number of hydrogen-bond acceptors (Lipinski definition) is 3. The number of aryl methyl sites for hydroxylation is 1. The molecule has 1 nitrogen and oxygen atoms in total. The van der Waals surface area contributed by atoms with Gasteiger partial charge in [0.1, 0.15) is 4.32 Å². The van der Waals surface area contributed by atoms with Crippen molar-refractivity contribution >= 4 is 62.8 Å². The van der Waals surface area contributed by atoms with Gasteiger partial charge in [0, 0.05) is 28.6 Å². The minimum atomic E-state index is 0.682. The SMILES string of the molecule is CCN(CC)C(=S)SCc1sc(C)c(Cl)c1Cl. The van der Waals surface area contributed by atoms with E-state index >= 15 is 0 Å². The molecular formula is C11H15Cl2NS3. The summed E-state index contributed by atoms with van der Waals surface area (Å²) in [6.07, 6.45) is 0. The van der Waals surface area contributed by atoms with Gasteiger partial charge < -0.3 is 4.90 Å². The molecule has 0 aliphatic heterocycles. The zero-order valence-corrected chi connectivity index (χ0v) is 14.0. The van der Waals surface area contributed by atoms with E-state index < -0.39 is 0 Å². The van der Waals surface area contributed by atoms with E-state index in [4.69, 9.17) is 35.4 Å². The smallest absolute Gasteiger partial charge is 0.136 e. The highest BCUT2D eigenvalue weighted by molar-refractivity contribution is 8.22. The first-order valence-electron chi connectivity index (χ1n) is 5.36. The van der Waals surface area contributed by atoms with Crippen molar-refractivity contribution in [1.82, 2.24) is 4.90 Å². The summed E-state index contributed by atoms with van der Waals surface area (Å²) in [6, 6.07) is 0. The van der Waals surface area contributed by atoms with Gasteiger partial charge in [0.25, 0.3) is 0 Å². The molecule has 0 atom stereocenters. The van der Waals surface area contributed by atoms with E-state index in [0.717, 1.165) is 32.9 Å². The maximum absolute atomic E-state index is 6.15. The lowest BCUT2D eigenvalue weighted by Crippen LogP contribution is -2.26. The van der Waals surface area contributed by atoms with Crippen LogP contribution in [0.1, 0.15) is 23.6 Å². The molecule has 0 bridgehead atoms. The molecule has 0 radical (unpaired) electrons. The summed E-state index contributed by atoms with van der Waals surface area (Å²) < 4.78 is 0.924. The molecule has 0 fully saturated rings. The summed E-state index contributed by atoms with van der Waals surface area (Å²) in [5.74, 6) is 0.798. The third-order valence-electron chi connectivity index (χ3n) is 2.37. The highest BCUT2D eigenvalue weighted by Gasteiger charge is 2.14. The molecule has 0 saturated carbocycles. The van der Waals surface area contributed by atoms with Crippen LogP contribution in [0.2, 0.25) is 10.0 Å². The molecule has 1 heterocycles. The van der Waals surface area contributed by atoms with Gasteiger partial charge in [0.05, 0.1) is 10.0 Å². The first-order chi connectivity index (χ1) is 8.01. The summed E-state index contributed by atoms with van der Waals surface area (Å²) in [4.78, 5) is 4.34. The van der Waals surface area contributed by atoms with Gasteiger partial charge in [-0.2, -0.15) is 0 Å². The molecule has 0 spiro atoms. The van der Waals surface area contributed by atoms with Crippen LogP contribution in [0, 0.1) is 6.92 Å². The van der Waals surface area contributed by atoms with Crippen LogP contribution in [0.3, 0.4) is 0 Å². The zero-order valence-electron chi connectivity index (χ0n) is 10.0. The lowest BCUT2D eigenvalue weighted by Gasteiger charge is -2.20. The van der Waals surface area contributed by atoms with Gasteiger partial charge >= 0.3 is 0 Å². The molecule has 96 valence electrons. The second-order valence-corrected chi connectivity index (χ2v) is 7.11. The average molecular weight is 328 g/mol. The summed E-state index contributed by atoms with van der Waals surface area (Å²) in [7, 11) is 0. The number of hydrogen-bond donors (Lipinski definition) is 0. The topological polar surface area (TPSA) is 3.24 Å². The van der Waals surface area contributed by atoms with Gasteiger partial charge in [0.15, 0.2) is 0 Å². The van der Waals surface area contributed by atoms with Gasteiger partial charge in [-0.25, -0.2) is 0 Å². The molecular weight excluding hydrogens is 313 g/mol. The molecule has 6 heteroatoms. The summed E-state index contributed by atoms with van der Waals surface area (Å²) in [6.45, 7) is 8.08. The Morgan fingerprint density at radius 2 is 1.88 bits per heavy atom. The first kappa shape index (κ1) is 15.6. The molecule has 0 amide bonds. The number of thiocarbonyl (C=S) groups is 1. The number of thiophene rings is 1. The highest BCUT2D eigenvalue weighted by atomic mass is 35.5. The van der Waals surface area contributed by atoms with Crippen LogP contribution in [0.25, 0.3) is 0 Å². The molecule has 1 aromatic rings. The zero-order chi connectivity index (χ0) is 13.0. The van der Waals surface area contributed by atoms with Crippen molar-refractivity contribution in [1.29, 1.82) is 0 Å². The van der Waals surface area contributed by atoms with Gasteiger partial charge in [-0.3, -0.25) is 0 Å². The molecule has 0 unspecified atom stereocenters. The van der Waals surface area contributed by atoms with E-state index in [1.165, 1.54) is 0 Å². The predicted octanol–water partition coefficient (Wildman–Crippen LogP) is 5.22. The molecule has 0 aromatic carbocycles. The number of halogens is 2. The maximum Gasteiger partial charge on any atom is 0.136 e. The molecule has 1 rings (SSSR count). The van der Waals surface area contributed by atoms with Crippen molar-refractivity contribution < 1.29 is 0 Å². The van der Waals surface area contributed by atoms with E-state index in [9.17, 15) is 0 Å². The summed E-state index contributed by atoms with van der Waals surface area (Å²) >= 11 is 20.9. The number of thioether (sulfide) groups is 1. The Balaban J connectivity index is 2.61. The Kier molecular flexibility index (Phi) is 6.59. The fraction of sp³-hybridized carbons (Fsp3) is 0.545. The average Bonchev–Trinajstić information content (AvgIpc) is 2.56. The summed E-state index contributed by atoms with van der Waals surface area (Å²) in [5.41, 5.74) is 0. The largest absolute Gasteiger partial charge is 0.358 e. The van der Waals surface area contributed by atoms with Crippen molar-refractivity contribution in [2.75, 3.05) is 13.1 Å². The third kappa shape index (κ3) is 4.00. The van der Waals surface area contributed by atoms with Crippen molar-refractivity contribution in [2.24, 2.45) is 0 Å². The Morgan fingerprint density at radius 3 is 2.29 bits per heavy atom. The lowest BCUT2D eigenvalue weighted by atomic mass is 10.4. The molecule has 0 saturated heterocycles. The quantitative estimate of drug-likeness (QED) is 0.697. The fourth-order valence-corrected chi connectivity index (χ4v) is 4.53. The Morgan fingerprint density at radius 1 is 1.29 bits per heavy atom. The first-order valence-corrected chi connectivity index (χ1v) is 8.32. The Labute approximate surface area is 126 Å². The van der Waals surface area contributed by atoms with Crippen LogP contribution in [0.4, 0.5) is 0 Å². The standard InChI is InChI=1S/C11H15Cl2NS3/c1-4-14(5-2)11(15)16-6-8-10(13)9(12)7(3)17-8/h4-6H2,1-3H3.